The van der Waals surface area contributed by atoms with Gasteiger partial charge in [0.2, 0.25) is 0 Å². The van der Waals surface area contributed by atoms with Crippen molar-refractivity contribution in [2.24, 2.45) is 0 Å². The molecule has 0 saturated heterocycles. The number of aryl methyl sites for hydroxylation is 2. The van der Waals surface area contributed by atoms with E-state index >= 15 is 0 Å². The van der Waals surface area contributed by atoms with Gasteiger partial charge in [-0.1, -0.05) is 76.9 Å². The topological polar surface area (TPSA) is 0 Å². The molecule has 0 aliphatic heterocycles. The van der Waals surface area contributed by atoms with Gasteiger partial charge in [0.1, 0.15) is 0 Å². The van der Waals surface area contributed by atoms with Crippen LogP contribution in [0.1, 0.15) is 81.3 Å². The minimum atomic E-state index is 0. The molecule has 0 nitrogen and oxygen atoms in total. The number of rotatable bonds is 4. The molecule has 0 saturated carbocycles. The van der Waals surface area contributed by atoms with Gasteiger partial charge in [-0.25, -0.2) is 12.2 Å². The smallest absolute Gasteiger partial charge is 0.109 e. The molecule has 0 aromatic heterocycles. The van der Waals surface area contributed by atoms with E-state index in [9.17, 15) is 0 Å². The summed E-state index contributed by atoms with van der Waals surface area (Å²) in [6.07, 6.45) is 12.2. The maximum atomic E-state index is 2.99. The van der Waals surface area contributed by atoms with Gasteiger partial charge in [0.25, 0.3) is 0 Å². The van der Waals surface area contributed by atoms with Crippen molar-refractivity contribution in [2.75, 3.05) is 0 Å². The van der Waals surface area contributed by atoms with Gasteiger partial charge in [-0.05, 0) is 10.8 Å². The van der Waals surface area contributed by atoms with Crippen LogP contribution in [-0.4, -0.2) is 3.21 Å². The van der Waals surface area contributed by atoms with Crippen molar-refractivity contribution in [1.29, 1.82) is 0 Å². The monoisotopic (exact) mass is 724 g/mol. The van der Waals surface area contributed by atoms with E-state index in [-0.39, 0.29) is 35.6 Å². The van der Waals surface area contributed by atoms with Gasteiger partial charge < -0.3 is 24.8 Å². The molecule has 46 heavy (non-hydrogen) atoms. The molecule has 0 N–H and O–H groups in total. The SMILES string of the molecule is CC(C)(C)c1ccc2[cH-]c3ccc(C(C)(C)C)cc3c2c1.Cc1cccc(C[C](=[Zr+2])Cc2cccc(C)c2)c1.[C-]1=CC=CC1.[Cl-].[Cl-]. The summed E-state index contributed by atoms with van der Waals surface area (Å²) < 4.78 is 1.61. The van der Waals surface area contributed by atoms with E-state index in [1.807, 2.05) is 12.2 Å². The van der Waals surface area contributed by atoms with Crippen LogP contribution >= 0.6 is 0 Å². The molecule has 0 spiro atoms. The molecule has 6 rings (SSSR count). The fraction of sp³-hybridized carbons (Fsp3) is 0.302. The van der Waals surface area contributed by atoms with Crippen LogP contribution in [0.2, 0.25) is 0 Å². The Bertz CT molecular complexity index is 1660. The largest absolute Gasteiger partial charge is 1.00 e. The third-order valence-electron chi connectivity index (χ3n) is 8.03. The van der Waals surface area contributed by atoms with Crippen LogP contribution in [0.15, 0.2) is 109 Å². The third-order valence-corrected chi connectivity index (χ3v) is 8.89. The van der Waals surface area contributed by atoms with E-state index in [4.69, 9.17) is 0 Å². The van der Waals surface area contributed by atoms with Gasteiger partial charge >= 0.3 is 125 Å². The van der Waals surface area contributed by atoms with Gasteiger partial charge in [-0.2, -0.15) is 6.08 Å². The Balaban J connectivity index is 0.000000270. The van der Waals surface area contributed by atoms with E-state index in [1.54, 1.807) is 27.4 Å². The minimum absolute atomic E-state index is 0. The molecule has 1 aliphatic rings. The van der Waals surface area contributed by atoms with Crippen LogP contribution in [0, 0.1) is 19.9 Å². The standard InChI is InChI=1S/C21H25.C17H18.C5H5.2ClH.Zr/c1-20(2,3)16-9-7-14-11-15-8-10-17(21(4,5)6)13-19(15)18(14)12-16;1-14-6-3-8-16(12-14)10-5-11-17-9-4-7-15(2)13-17;1-2-4-5-3-1;;;/h7-13H,1-6H3;3-4,6-9,12-13H,10-11H2,1-2H3;1-3H,4H2;2*1H;/q-1;;-1;;;+2/p-2. The Morgan fingerprint density at radius 1 is 0.674 bits per heavy atom. The number of fused-ring (bicyclic) bond motifs is 3. The van der Waals surface area contributed by atoms with Crippen molar-refractivity contribution in [3.8, 4) is 0 Å². The second kappa shape index (κ2) is 17.6. The summed E-state index contributed by atoms with van der Waals surface area (Å²) in [7, 11) is 0. The van der Waals surface area contributed by atoms with Crippen molar-refractivity contribution in [1.82, 2.24) is 0 Å². The van der Waals surface area contributed by atoms with Crippen molar-refractivity contribution in [2.45, 2.75) is 85.5 Å². The van der Waals surface area contributed by atoms with Gasteiger partial charge in [0, 0.05) is 0 Å². The molecule has 0 heterocycles. The maximum Gasteiger partial charge on any atom is -0.109 e. The van der Waals surface area contributed by atoms with E-state index < -0.39 is 0 Å². The van der Waals surface area contributed by atoms with Gasteiger partial charge in [-0.15, -0.1) is 46.2 Å². The maximum absolute atomic E-state index is 2.99. The van der Waals surface area contributed by atoms with Gasteiger partial charge in [0.05, 0.1) is 0 Å². The molecule has 3 heteroatoms. The molecule has 0 amide bonds. The number of halogens is 2. The van der Waals surface area contributed by atoms with Crippen LogP contribution < -0.4 is 24.8 Å². The van der Waals surface area contributed by atoms with Crippen LogP contribution in [0.4, 0.5) is 0 Å². The first-order valence-corrected chi connectivity index (χ1v) is 17.1. The summed E-state index contributed by atoms with van der Waals surface area (Å²) in [5.41, 5.74) is 8.79. The van der Waals surface area contributed by atoms with Crippen LogP contribution in [0.25, 0.3) is 21.5 Å². The van der Waals surface area contributed by atoms with Crippen LogP contribution in [0.5, 0.6) is 0 Å². The summed E-state index contributed by atoms with van der Waals surface area (Å²) in [5, 5.41) is 5.49. The average molecular weight is 727 g/mol. The number of benzene rings is 4. The zero-order valence-corrected chi connectivity index (χ0v) is 32.7. The van der Waals surface area contributed by atoms with Crippen LogP contribution in [-0.2, 0) is 47.9 Å². The fourth-order valence-electron chi connectivity index (χ4n) is 5.47. The van der Waals surface area contributed by atoms with Crippen molar-refractivity contribution >= 4 is 24.8 Å². The van der Waals surface area contributed by atoms with Gasteiger partial charge in [-0.3, -0.25) is 6.08 Å². The number of hydrogen-bond acceptors (Lipinski definition) is 0. The second-order valence-corrected chi connectivity index (χ2v) is 15.9. The minimum Gasteiger partial charge on any atom is -1.00 e. The van der Waals surface area contributed by atoms with E-state index in [0.29, 0.717) is 0 Å². The zero-order chi connectivity index (χ0) is 31.9. The summed E-state index contributed by atoms with van der Waals surface area (Å²) in [5.74, 6) is 0. The van der Waals surface area contributed by atoms with E-state index in [0.717, 1.165) is 19.3 Å². The Hall–Kier alpha value is -2.44. The third kappa shape index (κ3) is 11.7. The average Bonchev–Trinajstić information content (AvgIpc) is 3.64. The summed E-state index contributed by atoms with van der Waals surface area (Å²) in [4.78, 5) is 0. The second-order valence-electron chi connectivity index (χ2n) is 14.2. The first-order chi connectivity index (χ1) is 20.8. The number of allylic oxidation sites excluding steroid dienone is 4. The van der Waals surface area contributed by atoms with Gasteiger partial charge in [0.15, 0.2) is 0 Å². The molecule has 1 aliphatic carbocycles. The molecular formula is C43H48Cl2Zr-2. The summed E-state index contributed by atoms with van der Waals surface area (Å²) in [6.45, 7) is 18.0. The zero-order valence-electron chi connectivity index (χ0n) is 28.8. The first-order valence-electron chi connectivity index (χ1n) is 15.8. The van der Waals surface area contributed by atoms with Crippen molar-refractivity contribution < 1.29 is 49.0 Å². The number of hydrogen-bond donors (Lipinski definition) is 0. The molecule has 0 radical (unpaired) electrons. The van der Waals surface area contributed by atoms with E-state index in [2.05, 4.69) is 159 Å². The van der Waals surface area contributed by atoms with E-state index in [1.165, 1.54) is 54.9 Å². The fourth-order valence-corrected chi connectivity index (χ4v) is 6.47. The first kappa shape index (κ1) is 39.7. The molecule has 5 aromatic carbocycles. The molecular weight excluding hydrogens is 679 g/mol. The predicted molar refractivity (Wildman–Crippen MR) is 191 cm³/mol. The molecule has 5 aromatic rings. The Labute approximate surface area is 305 Å². The Kier molecular flexibility index (Phi) is 15.2. The van der Waals surface area contributed by atoms with Crippen molar-refractivity contribution in [3.05, 3.63) is 149 Å². The Morgan fingerprint density at radius 2 is 1.13 bits per heavy atom. The summed E-state index contributed by atoms with van der Waals surface area (Å²) in [6, 6.07) is 33.8. The predicted octanol–water partition coefficient (Wildman–Crippen LogP) is 5.43. The molecule has 0 fully saturated rings. The molecule has 0 unspecified atom stereocenters. The normalized spacial score (nSPS) is 12.0. The molecule has 240 valence electrons. The van der Waals surface area contributed by atoms with Crippen molar-refractivity contribution in [3.63, 3.8) is 0 Å². The quantitative estimate of drug-likeness (QED) is 0.217. The molecule has 0 atom stereocenters. The van der Waals surface area contributed by atoms with Crippen LogP contribution in [0.3, 0.4) is 0 Å². The Morgan fingerprint density at radius 3 is 1.46 bits per heavy atom. The molecule has 0 bridgehead atoms. The summed E-state index contributed by atoms with van der Waals surface area (Å²) >= 11 is 1.55.